The Balaban J connectivity index is 1.85. The molecule has 1 saturated carbocycles. The fraction of sp³-hybridized carbons (Fsp3) is 0.619. The van der Waals surface area contributed by atoms with Gasteiger partial charge in [-0.25, -0.2) is 4.39 Å². The molecule has 1 heterocycles. The summed E-state index contributed by atoms with van der Waals surface area (Å²) < 4.78 is 13.3. The molecule has 6 heteroatoms. The van der Waals surface area contributed by atoms with Gasteiger partial charge in [0, 0.05) is 17.4 Å². The maximum Gasteiger partial charge on any atom is 0.255 e. The highest BCUT2D eigenvalue weighted by atomic mass is 32.2. The van der Waals surface area contributed by atoms with Crippen molar-refractivity contribution in [1.82, 2.24) is 10.2 Å². The smallest absolute Gasteiger partial charge is 0.255 e. The minimum atomic E-state index is -0.464. The van der Waals surface area contributed by atoms with Gasteiger partial charge in [0.1, 0.15) is 11.9 Å². The van der Waals surface area contributed by atoms with Crippen LogP contribution in [0.2, 0.25) is 0 Å². The van der Waals surface area contributed by atoms with Crippen LogP contribution in [0.15, 0.2) is 24.3 Å². The van der Waals surface area contributed by atoms with Crippen molar-refractivity contribution >= 4 is 23.6 Å². The van der Waals surface area contributed by atoms with Crippen LogP contribution in [0.4, 0.5) is 4.39 Å². The van der Waals surface area contributed by atoms with Crippen LogP contribution in [0.3, 0.4) is 0 Å². The number of benzene rings is 1. The van der Waals surface area contributed by atoms with Gasteiger partial charge in [0.2, 0.25) is 5.91 Å². The maximum absolute atomic E-state index is 13.3. The zero-order chi connectivity index (χ0) is 19.4. The van der Waals surface area contributed by atoms with Crippen molar-refractivity contribution in [3.63, 3.8) is 0 Å². The molecule has 1 aliphatic heterocycles. The van der Waals surface area contributed by atoms with Crippen LogP contribution in [0.5, 0.6) is 0 Å². The van der Waals surface area contributed by atoms with E-state index >= 15 is 0 Å². The van der Waals surface area contributed by atoms with Crippen LogP contribution in [0.25, 0.3) is 0 Å². The third-order valence-electron chi connectivity index (χ3n) is 5.72. The lowest BCUT2D eigenvalue weighted by Crippen LogP contribution is -2.52. The molecule has 1 aliphatic carbocycles. The van der Waals surface area contributed by atoms with Crippen molar-refractivity contribution in [3.8, 4) is 0 Å². The summed E-state index contributed by atoms with van der Waals surface area (Å²) in [4.78, 5) is 27.9. The summed E-state index contributed by atoms with van der Waals surface area (Å²) >= 11 is 1.72. The molecular formula is C21H29FN2O2S. The summed E-state index contributed by atoms with van der Waals surface area (Å²) in [6, 6.07) is 5.26. The van der Waals surface area contributed by atoms with E-state index in [1.807, 2.05) is 13.8 Å². The van der Waals surface area contributed by atoms with E-state index in [1.165, 1.54) is 43.5 Å². The molecule has 0 aromatic heterocycles. The Labute approximate surface area is 165 Å². The molecule has 0 bridgehead atoms. The van der Waals surface area contributed by atoms with E-state index < -0.39 is 6.04 Å². The number of nitrogens with zero attached hydrogens (tertiary/aromatic N) is 1. The normalized spacial score (nSPS) is 24.6. The topological polar surface area (TPSA) is 49.4 Å². The third kappa shape index (κ3) is 4.65. The fourth-order valence-electron chi connectivity index (χ4n) is 3.95. The van der Waals surface area contributed by atoms with E-state index in [9.17, 15) is 14.0 Å². The molecule has 0 unspecified atom stereocenters. The van der Waals surface area contributed by atoms with Crippen molar-refractivity contribution < 1.29 is 14.0 Å². The molecule has 3 atom stereocenters. The Bertz CT molecular complexity index is 661. The Morgan fingerprint density at radius 1 is 1.22 bits per heavy atom. The van der Waals surface area contributed by atoms with Gasteiger partial charge in [-0.15, -0.1) is 11.8 Å². The van der Waals surface area contributed by atoms with E-state index in [2.05, 4.69) is 5.32 Å². The lowest BCUT2D eigenvalue weighted by molar-refractivity contribution is -0.125. The average Bonchev–Trinajstić information content (AvgIpc) is 3.13. The molecule has 1 aromatic carbocycles. The Morgan fingerprint density at radius 3 is 2.52 bits per heavy atom. The molecule has 148 valence electrons. The van der Waals surface area contributed by atoms with Gasteiger partial charge in [-0.05, 0) is 56.4 Å². The van der Waals surface area contributed by atoms with Gasteiger partial charge < -0.3 is 10.2 Å². The first-order valence-electron chi connectivity index (χ1n) is 10.0. The summed E-state index contributed by atoms with van der Waals surface area (Å²) in [5.74, 6) is 0.438. The first-order chi connectivity index (χ1) is 13.0. The Morgan fingerprint density at radius 2 is 1.89 bits per heavy atom. The van der Waals surface area contributed by atoms with Gasteiger partial charge in [-0.3, -0.25) is 9.59 Å². The number of thioether (sulfide) groups is 1. The van der Waals surface area contributed by atoms with Crippen LogP contribution in [0, 0.1) is 11.7 Å². The Kier molecular flexibility index (Phi) is 6.79. The molecule has 2 amide bonds. The van der Waals surface area contributed by atoms with E-state index in [1.54, 1.807) is 16.7 Å². The quantitative estimate of drug-likeness (QED) is 0.817. The summed E-state index contributed by atoms with van der Waals surface area (Å²) in [5, 5.41) is 3.06. The summed E-state index contributed by atoms with van der Waals surface area (Å²) in [6.07, 6.45) is 6.67. The number of halogens is 1. The predicted octanol–water partition coefficient (Wildman–Crippen LogP) is 4.20. The predicted molar refractivity (Wildman–Crippen MR) is 107 cm³/mol. The van der Waals surface area contributed by atoms with Gasteiger partial charge >= 0.3 is 0 Å². The number of rotatable bonds is 5. The molecule has 2 aliphatic rings. The van der Waals surface area contributed by atoms with E-state index in [0.717, 1.165) is 19.3 Å². The molecule has 27 heavy (non-hydrogen) atoms. The zero-order valence-electron chi connectivity index (χ0n) is 16.1. The molecule has 1 aromatic rings. The minimum absolute atomic E-state index is 0.0236. The molecule has 0 spiro atoms. The number of amides is 2. The average molecular weight is 393 g/mol. The number of nitrogens with one attached hydrogen (secondary N) is 1. The van der Waals surface area contributed by atoms with Crippen LogP contribution >= 0.6 is 11.8 Å². The lowest BCUT2D eigenvalue weighted by Gasteiger charge is -2.35. The molecule has 1 saturated heterocycles. The standard InChI is InChI=1S/C21H29FN2O2S/c1-3-14(2)23-19(25)18-13-27-21(16-7-5-4-6-8-16)24(18)20(26)15-9-11-17(22)12-10-15/h9-12,14,16,18,21H,3-8,13H2,1-2H3,(H,23,25)/t14-,18-,21-/m1/s1. The van der Waals surface area contributed by atoms with Gasteiger partial charge in [-0.2, -0.15) is 0 Å². The number of hydrogen-bond acceptors (Lipinski definition) is 3. The largest absolute Gasteiger partial charge is 0.352 e. The van der Waals surface area contributed by atoms with Crippen LogP contribution in [0.1, 0.15) is 62.7 Å². The molecule has 3 rings (SSSR count). The van der Waals surface area contributed by atoms with E-state index in [4.69, 9.17) is 0 Å². The van der Waals surface area contributed by atoms with E-state index in [-0.39, 0.29) is 29.0 Å². The van der Waals surface area contributed by atoms with Crippen molar-refractivity contribution in [2.45, 2.75) is 69.8 Å². The molecule has 2 fully saturated rings. The SMILES string of the molecule is CC[C@@H](C)NC(=O)[C@H]1CS[C@H](C2CCCCC2)N1C(=O)c1ccc(F)cc1. The van der Waals surface area contributed by atoms with Crippen LogP contribution in [-0.2, 0) is 4.79 Å². The lowest BCUT2D eigenvalue weighted by atomic mass is 9.88. The molecule has 4 nitrogen and oxygen atoms in total. The van der Waals surface area contributed by atoms with Crippen molar-refractivity contribution in [1.29, 1.82) is 0 Å². The van der Waals surface area contributed by atoms with Gasteiger partial charge in [0.15, 0.2) is 0 Å². The number of carbonyl (C=O) groups is 2. The first-order valence-corrected chi connectivity index (χ1v) is 11.1. The molecular weight excluding hydrogens is 363 g/mol. The maximum atomic E-state index is 13.3. The number of hydrogen-bond donors (Lipinski definition) is 1. The van der Waals surface area contributed by atoms with Crippen LogP contribution < -0.4 is 5.32 Å². The van der Waals surface area contributed by atoms with Crippen molar-refractivity contribution in [2.24, 2.45) is 5.92 Å². The first kappa shape index (κ1) is 20.2. The third-order valence-corrected chi connectivity index (χ3v) is 7.18. The fourth-order valence-corrected chi connectivity index (χ4v) is 5.59. The second kappa shape index (κ2) is 9.09. The van der Waals surface area contributed by atoms with Gasteiger partial charge in [0.25, 0.3) is 5.91 Å². The Hall–Kier alpha value is -1.56. The monoisotopic (exact) mass is 392 g/mol. The van der Waals surface area contributed by atoms with Crippen molar-refractivity contribution in [2.75, 3.05) is 5.75 Å². The summed E-state index contributed by atoms with van der Waals surface area (Å²) in [6.45, 7) is 4.01. The van der Waals surface area contributed by atoms with Crippen molar-refractivity contribution in [3.05, 3.63) is 35.6 Å². The second-order valence-electron chi connectivity index (χ2n) is 7.67. The molecule has 1 N–H and O–H groups in total. The van der Waals surface area contributed by atoms with Gasteiger partial charge in [0.05, 0.1) is 5.37 Å². The highest BCUT2D eigenvalue weighted by Crippen LogP contribution is 2.41. The highest BCUT2D eigenvalue weighted by molar-refractivity contribution is 8.00. The van der Waals surface area contributed by atoms with Gasteiger partial charge in [-0.1, -0.05) is 26.2 Å². The van der Waals surface area contributed by atoms with E-state index in [0.29, 0.717) is 17.2 Å². The zero-order valence-corrected chi connectivity index (χ0v) is 16.9. The molecule has 0 radical (unpaired) electrons. The second-order valence-corrected chi connectivity index (χ2v) is 8.82. The summed E-state index contributed by atoms with van der Waals surface area (Å²) in [5.41, 5.74) is 0.445. The highest BCUT2D eigenvalue weighted by Gasteiger charge is 2.45. The minimum Gasteiger partial charge on any atom is -0.352 e. The number of carbonyl (C=O) groups excluding carboxylic acids is 2. The summed E-state index contributed by atoms with van der Waals surface area (Å²) in [7, 11) is 0. The van der Waals surface area contributed by atoms with Crippen LogP contribution in [-0.4, -0.2) is 39.9 Å².